The summed E-state index contributed by atoms with van der Waals surface area (Å²) < 4.78 is 4.70. The van der Waals surface area contributed by atoms with E-state index in [1.165, 1.54) is 7.11 Å². The van der Waals surface area contributed by atoms with Crippen molar-refractivity contribution in [2.45, 2.75) is 31.7 Å². The highest BCUT2D eigenvalue weighted by Gasteiger charge is 2.25. The number of nitrogens with one attached hydrogen (secondary N) is 2. The summed E-state index contributed by atoms with van der Waals surface area (Å²) in [7, 11) is 1.42. The molecule has 2 heterocycles. The Morgan fingerprint density at radius 3 is 2.90 bits per heavy atom. The first-order valence-electron chi connectivity index (χ1n) is 7.49. The van der Waals surface area contributed by atoms with Gasteiger partial charge < -0.3 is 15.4 Å². The van der Waals surface area contributed by atoms with Gasteiger partial charge >= 0.3 is 5.97 Å². The molecular formula is C14H25N3O3. The minimum absolute atomic E-state index is 0.00948. The van der Waals surface area contributed by atoms with Crippen LogP contribution in [0, 0.1) is 5.92 Å². The Morgan fingerprint density at radius 1 is 1.35 bits per heavy atom. The summed E-state index contributed by atoms with van der Waals surface area (Å²) in [6.07, 6.45) is 4.19. The first kappa shape index (κ1) is 15.3. The molecule has 2 saturated heterocycles. The first-order chi connectivity index (χ1) is 9.69. The maximum Gasteiger partial charge on any atom is 0.319 e. The van der Waals surface area contributed by atoms with Gasteiger partial charge in [-0.25, -0.2) is 0 Å². The van der Waals surface area contributed by atoms with Gasteiger partial charge in [0, 0.05) is 13.1 Å². The van der Waals surface area contributed by atoms with Crippen LogP contribution in [0.2, 0.25) is 0 Å². The van der Waals surface area contributed by atoms with Gasteiger partial charge in [-0.2, -0.15) is 0 Å². The van der Waals surface area contributed by atoms with E-state index in [0.717, 1.165) is 45.3 Å². The van der Waals surface area contributed by atoms with Gasteiger partial charge in [0.25, 0.3) is 0 Å². The SMILES string of the molecule is COC(=O)CN1CCCC(CNC(=O)C2CCCN2)C1. The van der Waals surface area contributed by atoms with Gasteiger partial charge in [-0.05, 0) is 44.7 Å². The fourth-order valence-electron chi connectivity index (χ4n) is 2.99. The van der Waals surface area contributed by atoms with Crippen molar-refractivity contribution in [1.29, 1.82) is 0 Å². The molecule has 6 nitrogen and oxygen atoms in total. The molecule has 0 aromatic rings. The predicted octanol–water partition coefficient (Wildman–Crippen LogP) is -0.260. The molecule has 0 aromatic heterocycles. The number of hydrogen-bond donors (Lipinski definition) is 2. The molecule has 2 unspecified atom stereocenters. The Balaban J connectivity index is 1.69. The third-order valence-electron chi connectivity index (χ3n) is 4.13. The van der Waals surface area contributed by atoms with E-state index >= 15 is 0 Å². The number of ether oxygens (including phenoxy) is 1. The van der Waals surface area contributed by atoms with Gasteiger partial charge in [-0.15, -0.1) is 0 Å². The second-order valence-electron chi connectivity index (χ2n) is 5.71. The van der Waals surface area contributed by atoms with Crippen molar-refractivity contribution in [2.24, 2.45) is 5.92 Å². The molecule has 0 bridgehead atoms. The normalized spacial score (nSPS) is 27.2. The lowest BCUT2D eigenvalue weighted by molar-refractivity contribution is -0.142. The van der Waals surface area contributed by atoms with E-state index in [0.29, 0.717) is 19.0 Å². The van der Waals surface area contributed by atoms with Crippen molar-refractivity contribution < 1.29 is 14.3 Å². The van der Waals surface area contributed by atoms with E-state index in [4.69, 9.17) is 4.74 Å². The molecule has 0 spiro atoms. The number of likely N-dealkylation sites (tertiary alicyclic amines) is 1. The van der Waals surface area contributed by atoms with Crippen molar-refractivity contribution in [3.8, 4) is 0 Å². The van der Waals surface area contributed by atoms with E-state index in [2.05, 4.69) is 15.5 Å². The largest absolute Gasteiger partial charge is 0.468 e. The second kappa shape index (κ2) is 7.59. The number of hydrogen-bond acceptors (Lipinski definition) is 5. The summed E-state index contributed by atoms with van der Waals surface area (Å²) in [5.74, 6) is 0.358. The zero-order valence-electron chi connectivity index (χ0n) is 12.2. The molecule has 114 valence electrons. The number of carbonyl (C=O) groups excluding carboxylic acids is 2. The van der Waals surface area contributed by atoms with Crippen molar-refractivity contribution in [1.82, 2.24) is 15.5 Å². The molecule has 2 aliphatic heterocycles. The van der Waals surface area contributed by atoms with Gasteiger partial charge in [0.15, 0.2) is 0 Å². The molecule has 0 aliphatic carbocycles. The van der Waals surface area contributed by atoms with Gasteiger partial charge in [0.05, 0.1) is 19.7 Å². The van der Waals surface area contributed by atoms with Gasteiger partial charge in [0.1, 0.15) is 0 Å². The predicted molar refractivity (Wildman–Crippen MR) is 75.2 cm³/mol. The standard InChI is InChI=1S/C14H25N3O3/c1-20-13(18)10-17-7-3-4-11(9-17)8-16-14(19)12-5-2-6-15-12/h11-12,15H,2-10H2,1H3,(H,16,19). The average Bonchev–Trinajstić information content (AvgIpc) is 2.99. The van der Waals surface area contributed by atoms with Crippen molar-refractivity contribution >= 4 is 11.9 Å². The van der Waals surface area contributed by atoms with Crippen LogP contribution in [0.4, 0.5) is 0 Å². The van der Waals surface area contributed by atoms with Crippen LogP contribution in [0.1, 0.15) is 25.7 Å². The van der Waals surface area contributed by atoms with Crippen molar-refractivity contribution in [2.75, 3.05) is 39.8 Å². The topological polar surface area (TPSA) is 70.7 Å². The van der Waals surface area contributed by atoms with E-state index < -0.39 is 0 Å². The number of methoxy groups -OCH3 is 1. The van der Waals surface area contributed by atoms with Gasteiger partial charge in [-0.3, -0.25) is 14.5 Å². The summed E-state index contributed by atoms with van der Waals surface area (Å²) >= 11 is 0. The number of rotatable bonds is 5. The molecule has 0 aromatic carbocycles. The molecule has 2 fully saturated rings. The molecule has 1 amide bonds. The fourth-order valence-corrected chi connectivity index (χ4v) is 2.99. The molecule has 0 saturated carbocycles. The number of nitrogens with zero attached hydrogens (tertiary/aromatic N) is 1. The molecule has 2 atom stereocenters. The van der Waals surface area contributed by atoms with Crippen molar-refractivity contribution in [3.05, 3.63) is 0 Å². The second-order valence-corrected chi connectivity index (χ2v) is 5.71. The van der Waals surface area contributed by atoms with E-state index in [-0.39, 0.29) is 17.9 Å². The zero-order valence-corrected chi connectivity index (χ0v) is 12.2. The number of esters is 1. The number of piperidine rings is 1. The quantitative estimate of drug-likeness (QED) is 0.680. The maximum absolute atomic E-state index is 11.9. The van der Waals surface area contributed by atoms with Crippen LogP contribution in [0.3, 0.4) is 0 Å². The molecule has 2 N–H and O–H groups in total. The van der Waals surface area contributed by atoms with E-state index in [1.54, 1.807) is 0 Å². The van der Waals surface area contributed by atoms with Crippen LogP contribution in [-0.4, -0.2) is 62.7 Å². The van der Waals surface area contributed by atoms with Crippen LogP contribution in [0.5, 0.6) is 0 Å². The smallest absolute Gasteiger partial charge is 0.319 e. The van der Waals surface area contributed by atoms with Crippen LogP contribution >= 0.6 is 0 Å². The van der Waals surface area contributed by atoms with Gasteiger partial charge in [0.2, 0.25) is 5.91 Å². The van der Waals surface area contributed by atoms with Crippen LogP contribution in [0.25, 0.3) is 0 Å². The Bertz CT molecular complexity index is 343. The lowest BCUT2D eigenvalue weighted by atomic mass is 9.98. The minimum Gasteiger partial charge on any atom is -0.468 e. The lowest BCUT2D eigenvalue weighted by Gasteiger charge is -2.32. The molecule has 0 radical (unpaired) electrons. The Hall–Kier alpha value is -1.14. The van der Waals surface area contributed by atoms with Gasteiger partial charge in [-0.1, -0.05) is 0 Å². The third kappa shape index (κ3) is 4.45. The highest BCUT2D eigenvalue weighted by Crippen LogP contribution is 2.15. The van der Waals surface area contributed by atoms with E-state index in [1.807, 2.05) is 0 Å². The summed E-state index contributed by atoms with van der Waals surface area (Å²) in [5, 5.41) is 6.24. The summed E-state index contributed by atoms with van der Waals surface area (Å²) in [5.41, 5.74) is 0. The Labute approximate surface area is 120 Å². The zero-order chi connectivity index (χ0) is 14.4. The van der Waals surface area contributed by atoms with Crippen LogP contribution in [-0.2, 0) is 14.3 Å². The summed E-state index contributed by atoms with van der Waals surface area (Å²) in [6.45, 7) is 3.78. The summed E-state index contributed by atoms with van der Waals surface area (Å²) in [4.78, 5) is 25.3. The minimum atomic E-state index is -0.190. The highest BCUT2D eigenvalue weighted by atomic mass is 16.5. The third-order valence-corrected chi connectivity index (χ3v) is 4.13. The molecule has 20 heavy (non-hydrogen) atoms. The highest BCUT2D eigenvalue weighted by molar-refractivity contribution is 5.82. The summed E-state index contributed by atoms with van der Waals surface area (Å²) in [6, 6.07) is -0.00948. The fraction of sp³-hybridized carbons (Fsp3) is 0.857. The Morgan fingerprint density at radius 2 is 2.20 bits per heavy atom. The molecule has 6 heteroatoms. The Kier molecular flexibility index (Phi) is 5.79. The molecule has 2 rings (SSSR count). The maximum atomic E-state index is 11.9. The molecular weight excluding hydrogens is 258 g/mol. The van der Waals surface area contributed by atoms with Crippen LogP contribution < -0.4 is 10.6 Å². The van der Waals surface area contributed by atoms with E-state index in [9.17, 15) is 9.59 Å². The van der Waals surface area contributed by atoms with Crippen LogP contribution in [0.15, 0.2) is 0 Å². The number of amides is 1. The first-order valence-corrected chi connectivity index (χ1v) is 7.49. The number of carbonyl (C=O) groups is 2. The monoisotopic (exact) mass is 283 g/mol. The average molecular weight is 283 g/mol. The lowest BCUT2D eigenvalue weighted by Crippen LogP contribution is -2.46. The molecule has 2 aliphatic rings. The van der Waals surface area contributed by atoms with Crippen molar-refractivity contribution in [3.63, 3.8) is 0 Å².